The van der Waals surface area contributed by atoms with Gasteiger partial charge in [0, 0.05) is 20.8 Å². The first kappa shape index (κ1) is 32.9. The van der Waals surface area contributed by atoms with Gasteiger partial charge in [-0.05, 0) is 132 Å². The Labute approximate surface area is 288 Å². The first-order chi connectivity index (χ1) is 21.6. The maximum atomic E-state index is 13.8. The van der Waals surface area contributed by atoms with Gasteiger partial charge in [0.1, 0.15) is 0 Å². The number of rotatable bonds is 9. The van der Waals surface area contributed by atoms with Crippen LogP contribution in [-0.4, -0.2) is 30.2 Å². The van der Waals surface area contributed by atoms with E-state index in [1.807, 2.05) is 19.9 Å². The van der Waals surface area contributed by atoms with Crippen molar-refractivity contribution in [3.8, 4) is 11.5 Å². The predicted molar refractivity (Wildman–Crippen MR) is 189 cm³/mol. The second kappa shape index (κ2) is 14.7. The molecule has 12 heteroatoms. The van der Waals surface area contributed by atoms with Gasteiger partial charge in [-0.25, -0.2) is 4.99 Å². The summed E-state index contributed by atoms with van der Waals surface area (Å²) in [5.74, 6) is 0.148. The fourth-order valence-electron chi connectivity index (χ4n) is 4.22. The summed E-state index contributed by atoms with van der Waals surface area (Å²) < 4.78 is 12.3. The van der Waals surface area contributed by atoms with Crippen molar-refractivity contribution in [3.05, 3.63) is 114 Å². The standard InChI is InChI=1S/C33H25BrCl3N3O4S/c1-3-43-28-15-20(14-26(34)31(28)44-18-30(41)38-24-9-4-19(2)27(37)17-24)16-29-32(42)40(25-12-7-22(36)8-13-25)33(45-29)39-23-10-5-21(35)6-11-23/h4-17H,3,18H2,1-2H3,(H,38,41)/b29-16-,39-33?. The molecule has 0 aromatic heterocycles. The molecule has 1 fully saturated rings. The molecular weight excluding hydrogens is 721 g/mol. The number of benzene rings is 4. The number of carbonyl (C=O) groups excluding carboxylic acids is 2. The van der Waals surface area contributed by atoms with Crippen LogP contribution in [0.3, 0.4) is 0 Å². The van der Waals surface area contributed by atoms with Crippen molar-refractivity contribution in [3.63, 3.8) is 0 Å². The summed E-state index contributed by atoms with van der Waals surface area (Å²) in [7, 11) is 0. The number of aliphatic imine (C=N–C) groups is 1. The number of hydrogen-bond acceptors (Lipinski definition) is 6. The van der Waals surface area contributed by atoms with E-state index >= 15 is 0 Å². The van der Waals surface area contributed by atoms with Crippen LogP contribution in [0.15, 0.2) is 93.2 Å². The first-order valence-corrected chi connectivity index (χ1v) is 16.3. The van der Waals surface area contributed by atoms with Gasteiger partial charge in [-0.1, -0.05) is 40.9 Å². The van der Waals surface area contributed by atoms with Crippen molar-refractivity contribution in [2.24, 2.45) is 4.99 Å². The predicted octanol–water partition coefficient (Wildman–Crippen LogP) is 9.94. The van der Waals surface area contributed by atoms with E-state index in [4.69, 9.17) is 49.3 Å². The van der Waals surface area contributed by atoms with E-state index in [9.17, 15) is 9.59 Å². The second-order valence-electron chi connectivity index (χ2n) is 9.66. The molecule has 0 bridgehead atoms. The summed E-state index contributed by atoms with van der Waals surface area (Å²) in [6.45, 7) is 3.82. The Morgan fingerprint density at radius 3 is 2.33 bits per heavy atom. The topological polar surface area (TPSA) is 80.2 Å². The number of carbonyl (C=O) groups is 2. The molecule has 1 saturated heterocycles. The average Bonchev–Trinajstić information content (AvgIpc) is 3.30. The molecule has 0 radical (unpaired) electrons. The molecule has 1 N–H and O–H groups in total. The highest BCUT2D eigenvalue weighted by Crippen LogP contribution is 2.41. The molecule has 2 amide bonds. The van der Waals surface area contributed by atoms with Crippen LogP contribution in [0.2, 0.25) is 15.1 Å². The number of amidine groups is 1. The van der Waals surface area contributed by atoms with Crippen LogP contribution >= 0.6 is 62.5 Å². The Bertz CT molecular complexity index is 1820. The molecule has 7 nitrogen and oxygen atoms in total. The van der Waals surface area contributed by atoms with E-state index in [1.165, 1.54) is 16.7 Å². The molecule has 230 valence electrons. The van der Waals surface area contributed by atoms with Gasteiger partial charge in [0.15, 0.2) is 23.3 Å². The molecule has 0 spiro atoms. The minimum atomic E-state index is -0.363. The average molecular weight is 746 g/mol. The molecule has 0 saturated carbocycles. The van der Waals surface area contributed by atoms with Crippen LogP contribution in [0, 0.1) is 6.92 Å². The van der Waals surface area contributed by atoms with Gasteiger partial charge in [-0.15, -0.1) is 0 Å². The van der Waals surface area contributed by atoms with Crippen molar-refractivity contribution in [1.82, 2.24) is 0 Å². The van der Waals surface area contributed by atoms with Crippen LogP contribution < -0.4 is 19.7 Å². The zero-order valence-corrected chi connectivity index (χ0v) is 28.6. The van der Waals surface area contributed by atoms with Gasteiger partial charge in [0.25, 0.3) is 11.8 Å². The van der Waals surface area contributed by atoms with Gasteiger partial charge in [0.2, 0.25) is 0 Å². The minimum Gasteiger partial charge on any atom is -0.490 e. The highest BCUT2D eigenvalue weighted by molar-refractivity contribution is 9.10. The largest absolute Gasteiger partial charge is 0.490 e. The lowest BCUT2D eigenvalue weighted by Gasteiger charge is -2.16. The summed E-state index contributed by atoms with van der Waals surface area (Å²) in [5.41, 5.74) is 3.42. The van der Waals surface area contributed by atoms with E-state index in [1.54, 1.807) is 78.9 Å². The smallest absolute Gasteiger partial charge is 0.271 e. The van der Waals surface area contributed by atoms with E-state index in [0.717, 1.165) is 5.56 Å². The van der Waals surface area contributed by atoms with E-state index in [-0.39, 0.29) is 18.4 Å². The SMILES string of the molecule is CCOc1cc(/C=C2\SC(=Nc3ccc(Cl)cc3)N(c3ccc(Cl)cc3)C2=O)cc(Br)c1OCC(=O)Nc1ccc(C)c(Cl)c1. The number of anilines is 2. The van der Waals surface area contributed by atoms with Crippen molar-refractivity contribution in [2.75, 3.05) is 23.4 Å². The third-order valence-electron chi connectivity index (χ3n) is 6.38. The van der Waals surface area contributed by atoms with Gasteiger partial charge in [0.05, 0.1) is 27.4 Å². The monoisotopic (exact) mass is 743 g/mol. The number of nitrogens with one attached hydrogen (secondary N) is 1. The van der Waals surface area contributed by atoms with Crippen molar-refractivity contribution < 1.29 is 19.1 Å². The summed E-state index contributed by atoms with van der Waals surface area (Å²) in [5, 5.41) is 4.94. The zero-order chi connectivity index (χ0) is 32.1. The Hall–Kier alpha value is -3.47. The molecule has 1 heterocycles. The molecule has 4 aromatic rings. The molecule has 0 aliphatic carbocycles. The van der Waals surface area contributed by atoms with Gasteiger partial charge >= 0.3 is 0 Å². The highest BCUT2D eigenvalue weighted by atomic mass is 79.9. The summed E-state index contributed by atoms with van der Waals surface area (Å²) in [6.07, 6.45) is 1.76. The normalized spacial score (nSPS) is 14.7. The number of aryl methyl sites for hydroxylation is 1. The Morgan fingerprint density at radius 2 is 1.67 bits per heavy atom. The van der Waals surface area contributed by atoms with Crippen molar-refractivity contribution >= 4 is 103 Å². The fraction of sp³-hybridized carbons (Fsp3) is 0.121. The van der Waals surface area contributed by atoms with Crippen LogP contribution in [0.5, 0.6) is 11.5 Å². The fourth-order valence-corrected chi connectivity index (χ4v) is 6.23. The lowest BCUT2D eigenvalue weighted by Crippen LogP contribution is -2.28. The van der Waals surface area contributed by atoms with E-state index < -0.39 is 0 Å². The van der Waals surface area contributed by atoms with Gasteiger partial charge < -0.3 is 14.8 Å². The Kier molecular flexibility index (Phi) is 10.8. The minimum absolute atomic E-state index is 0.252. The second-order valence-corrected chi connectivity index (χ2v) is 12.8. The molecule has 0 atom stereocenters. The van der Waals surface area contributed by atoms with Gasteiger partial charge in [-0.2, -0.15) is 0 Å². The lowest BCUT2D eigenvalue weighted by atomic mass is 10.1. The number of hydrogen-bond donors (Lipinski definition) is 1. The maximum absolute atomic E-state index is 13.8. The van der Waals surface area contributed by atoms with Crippen molar-refractivity contribution in [1.29, 1.82) is 0 Å². The molecule has 45 heavy (non-hydrogen) atoms. The molecule has 0 unspecified atom stereocenters. The Balaban J connectivity index is 1.41. The van der Waals surface area contributed by atoms with Crippen LogP contribution in [-0.2, 0) is 9.59 Å². The molecule has 1 aliphatic heterocycles. The van der Waals surface area contributed by atoms with Crippen molar-refractivity contribution in [2.45, 2.75) is 13.8 Å². The number of thioether (sulfide) groups is 1. The molecule has 4 aromatic carbocycles. The first-order valence-electron chi connectivity index (χ1n) is 13.6. The molecule has 5 rings (SSSR count). The van der Waals surface area contributed by atoms with Crippen LogP contribution in [0.4, 0.5) is 17.1 Å². The zero-order valence-electron chi connectivity index (χ0n) is 23.9. The Morgan fingerprint density at radius 1 is 0.978 bits per heavy atom. The quantitative estimate of drug-likeness (QED) is 0.173. The summed E-state index contributed by atoms with van der Waals surface area (Å²) in [6, 6.07) is 22.8. The van der Waals surface area contributed by atoms with Crippen LogP contribution in [0.25, 0.3) is 6.08 Å². The summed E-state index contributed by atoms with van der Waals surface area (Å²) in [4.78, 5) is 33.1. The molecule has 1 aliphatic rings. The highest BCUT2D eigenvalue weighted by Gasteiger charge is 2.35. The van der Waals surface area contributed by atoms with E-state index in [2.05, 4.69) is 21.2 Å². The van der Waals surface area contributed by atoms with Crippen LogP contribution in [0.1, 0.15) is 18.1 Å². The number of nitrogens with zero attached hydrogens (tertiary/aromatic N) is 2. The third-order valence-corrected chi connectivity index (χ3v) is 8.84. The number of amides is 2. The van der Waals surface area contributed by atoms with E-state index in [0.29, 0.717) is 70.3 Å². The summed E-state index contributed by atoms with van der Waals surface area (Å²) >= 11 is 23.1. The third kappa shape index (κ3) is 8.23. The number of halogens is 4. The van der Waals surface area contributed by atoms with Gasteiger partial charge in [-0.3, -0.25) is 14.5 Å². The maximum Gasteiger partial charge on any atom is 0.271 e. The molecular formula is C33H25BrCl3N3O4S. The lowest BCUT2D eigenvalue weighted by molar-refractivity contribution is -0.118. The number of ether oxygens (including phenoxy) is 2.